The first-order chi connectivity index (χ1) is 12.8. The zero-order chi connectivity index (χ0) is 18.9. The Hall–Kier alpha value is -1.06. The third kappa shape index (κ3) is 13.7. The molecule has 0 bridgehead atoms. The van der Waals surface area contributed by atoms with Crippen LogP contribution in [0.5, 0.6) is 5.75 Å². The number of nitrogens with zero attached hydrogens (tertiary/aromatic N) is 1. The van der Waals surface area contributed by atoms with Crippen LogP contribution >= 0.6 is 24.0 Å². The van der Waals surface area contributed by atoms with E-state index in [9.17, 15) is 0 Å². The summed E-state index contributed by atoms with van der Waals surface area (Å²) in [6.07, 6.45) is 3.21. The highest BCUT2D eigenvalue weighted by molar-refractivity contribution is 14.0. The normalized spacial score (nSPS) is 11.0. The van der Waals surface area contributed by atoms with Crippen LogP contribution in [-0.2, 0) is 16.0 Å². The Balaban J connectivity index is 0.00000676. The summed E-state index contributed by atoms with van der Waals surface area (Å²) in [5.41, 5.74) is 1.14. The average molecular weight is 493 g/mol. The topological polar surface area (TPSA) is 64.1 Å². The van der Waals surface area contributed by atoms with Crippen molar-refractivity contribution in [3.05, 3.63) is 29.8 Å². The van der Waals surface area contributed by atoms with Gasteiger partial charge in [0.2, 0.25) is 0 Å². The van der Waals surface area contributed by atoms with E-state index in [2.05, 4.69) is 22.5 Å². The third-order valence-corrected chi connectivity index (χ3v) is 3.72. The maximum Gasteiger partial charge on any atom is 0.191 e. The molecule has 0 fully saturated rings. The molecule has 156 valence electrons. The maximum atomic E-state index is 5.59. The lowest BCUT2D eigenvalue weighted by atomic mass is 10.2. The van der Waals surface area contributed by atoms with E-state index in [1.54, 1.807) is 7.11 Å². The molecule has 7 heteroatoms. The molecule has 0 radical (unpaired) electrons. The van der Waals surface area contributed by atoms with Gasteiger partial charge in [0.15, 0.2) is 5.96 Å². The van der Waals surface area contributed by atoms with Crippen molar-refractivity contribution in [3.63, 3.8) is 0 Å². The monoisotopic (exact) mass is 493 g/mol. The minimum atomic E-state index is 0. The Kier molecular flexibility index (Phi) is 17.6. The van der Waals surface area contributed by atoms with Crippen molar-refractivity contribution in [2.24, 2.45) is 4.99 Å². The molecule has 2 N–H and O–H groups in total. The van der Waals surface area contributed by atoms with Gasteiger partial charge in [-0.25, -0.2) is 4.99 Å². The van der Waals surface area contributed by atoms with E-state index < -0.39 is 0 Å². The van der Waals surface area contributed by atoms with Crippen LogP contribution in [0.4, 0.5) is 0 Å². The molecule has 0 spiro atoms. The number of nitrogens with one attached hydrogen (secondary N) is 2. The molecule has 0 aliphatic heterocycles. The Morgan fingerprint density at radius 2 is 1.63 bits per heavy atom. The van der Waals surface area contributed by atoms with Gasteiger partial charge in [0.25, 0.3) is 0 Å². The van der Waals surface area contributed by atoms with Crippen molar-refractivity contribution in [1.82, 2.24) is 10.6 Å². The van der Waals surface area contributed by atoms with Gasteiger partial charge in [0.1, 0.15) is 5.75 Å². The lowest BCUT2D eigenvalue weighted by Gasteiger charge is -2.13. The van der Waals surface area contributed by atoms with Crippen LogP contribution in [0.25, 0.3) is 0 Å². The summed E-state index contributed by atoms with van der Waals surface area (Å²) in [5.74, 6) is 1.66. The minimum Gasteiger partial charge on any atom is -0.497 e. The standard InChI is InChI=1S/C20H35N3O3.HI/c1-4-6-14-26-16-13-22-20(21-12-7-15-25-5-2)23-17-18-8-10-19(24-3)11-9-18;/h8-11H,4-7,12-17H2,1-3H3,(H2,21,22,23);1H. The second kappa shape index (κ2) is 18.3. The molecule has 1 aromatic carbocycles. The van der Waals surface area contributed by atoms with E-state index in [0.717, 1.165) is 69.4 Å². The van der Waals surface area contributed by atoms with Crippen molar-refractivity contribution in [1.29, 1.82) is 0 Å². The van der Waals surface area contributed by atoms with Gasteiger partial charge in [-0.2, -0.15) is 0 Å². The number of hydrogen-bond acceptors (Lipinski definition) is 4. The van der Waals surface area contributed by atoms with Crippen molar-refractivity contribution in [2.45, 2.75) is 39.7 Å². The maximum absolute atomic E-state index is 5.59. The van der Waals surface area contributed by atoms with Crippen LogP contribution in [0.2, 0.25) is 0 Å². The summed E-state index contributed by atoms with van der Waals surface area (Å²) in [5, 5.41) is 6.68. The lowest BCUT2D eigenvalue weighted by molar-refractivity contribution is 0.135. The molecule has 1 aromatic rings. The number of methoxy groups -OCH3 is 1. The summed E-state index contributed by atoms with van der Waals surface area (Å²) in [6.45, 7) is 9.37. The Bertz CT molecular complexity index is 484. The van der Waals surface area contributed by atoms with Gasteiger partial charge in [0.05, 0.1) is 20.3 Å². The highest BCUT2D eigenvalue weighted by Gasteiger charge is 2.00. The number of guanidine groups is 1. The molecule has 0 amide bonds. The highest BCUT2D eigenvalue weighted by atomic mass is 127. The second-order valence-corrected chi connectivity index (χ2v) is 5.88. The number of rotatable bonds is 14. The average Bonchev–Trinajstić information content (AvgIpc) is 2.68. The van der Waals surface area contributed by atoms with E-state index in [4.69, 9.17) is 14.2 Å². The lowest BCUT2D eigenvalue weighted by Crippen LogP contribution is -2.39. The summed E-state index contributed by atoms with van der Waals surface area (Å²) < 4.78 is 16.1. The molecule has 0 aromatic heterocycles. The minimum absolute atomic E-state index is 0. The molecule has 0 aliphatic carbocycles. The van der Waals surface area contributed by atoms with Gasteiger partial charge in [-0.1, -0.05) is 25.5 Å². The van der Waals surface area contributed by atoms with Gasteiger partial charge in [0, 0.05) is 32.9 Å². The number of halogens is 1. The molecule has 0 unspecified atom stereocenters. The Morgan fingerprint density at radius 1 is 0.926 bits per heavy atom. The fourth-order valence-corrected chi connectivity index (χ4v) is 2.19. The first kappa shape index (κ1) is 25.9. The van der Waals surface area contributed by atoms with Gasteiger partial charge in [-0.3, -0.25) is 0 Å². The smallest absolute Gasteiger partial charge is 0.191 e. The van der Waals surface area contributed by atoms with Gasteiger partial charge in [-0.15, -0.1) is 24.0 Å². The molecule has 6 nitrogen and oxygen atoms in total. The summed E-state index contributed by atoms with van der Waals surface area (Å²) in [4.78, 5) is 4.66. The molecule has 27 heavy (non-hydrogen) atoms. The molecule has 1 rings (SSSR count). The molecule has 0 heterocycles. The van der Waals surface area contributed by atoms with Crippen LogP contribution in [0.15, 0.2) is 29.3 Å². The molecular formula is C20H36IN3O3. The molecule has 0 saturated carbocycles. The van der Waals surface area contributed by atoms with E-state index in [-0.39, 0.29) is 24.0 Å². The van der Waals surface area contributed by atoms with Crippen LogP contribution < -0.4 is 15.4 Å². The predicted octanol–water partition coefficient (Wildman–Crippen LogP) is 3.59. The van der Waals surface area contributed by atoms with Crippen LogP contribution in [0.1, 0.15) is 38.7 Å². The van der Waals surface area contributed by atoms with E-state index in [0.29, 0.717) is 13.2 Å². The summed E-state index contributed by atoms with van der Waals surface area (Å²) >= 11 is 0. The van der Waals surface area contributed by atoms with Gasteiger partial charge >= 0.3 is 0 Å². The number of ether oxygens (including phenoxy) is 3. The fraction of sp³-hybridized carbons (Fsp3) is 0.650. The summed E-state index contributed by atoms with van der Waals surface area (Å²) in [7, 11) is 1.67. The summed E-state index contributed by atoms with van der Waals surface area (Å²) in [6, 6.07) is 7.97. The zero-order valence-corrected chi connectivity index (χ0v) is 19.3. The van der Waals surface area contributed by atoms with Crippen LogP contribution in [-0.4, -0.2) is 52.6 Å². The van der Waals surface area contributed by atoms with E-state index in [1.165, 1.54) is 0 Å². The van der Waals surface area contributed by atoms with E-state index in [1.807, 2.05) is 31.2 Å². The Labute approximate surface area is 181 Å². The van der Waals surface area contributed by atoms with Crippen molar-refractivity contribution >= 4 is 29.9 Å². The second-order valence-electron chi connectivity index (χ2n) is 5.88. The largest absolute Gasteiger partial charge is 0.497 e. The number of unbranched alkanes of at least 4 members (excludes halogenated alkanes) is 1. The zero-order valence-electron chi connectivity index (χ0n) is 17.0. The van der Waals surface area contributed by atoms with Crippen LogP contribution in [0, 0.1) is 0 Å². The number of hydrogen-bond donors (Lipinski definition) is 2. The SMILES string of the molecule is CCCCOCCNC(=NCc1ccc(OC)cc1)NCCCOCC.I. The fourth-order valence-electron chi connectivity index (χ4n) is 2.19. The molecule has 0 saturated heterocycles. The number of aliphatic imine (C=N–C) groups is 1. The van der Waals surface area contributed by atoms with Crippen molar-refractivity contribution in [3.8, 4) is 5.75 Å². The van der Waals surface area contributed by atoms with Gasteiger partial charge < -0.3 is 24.8 Å². The Morgan fingerprint density at radius 3 is 2.30 bits per heavy atom. The van der Waals surface area contributed by atoms with Crippen molar-refractivity contribution in [2.75, 3.05) is 46.6 Å². The number of benzene rings is 1. The highest BCUT2D eigenvalue weighted by Crippen LogP contribution is 2.11. The van der Waals surface area contributed by atoms with Crippen LogP contribution in [0.3, 0.4) is 0 Å². The van der Waals surface area contributed by atoms with E-state index >= 15 is 0 Å². The quantitative estimate of drug-likeness (QED) is 0.180. The van der Waals surface area contributed by atoms with Crippen molar-refractivity contribution < 1.29 is 14.2 Å². The molecular weight excluding hydrogens is 457 g/mol. The molecule has 0 aliphatic rings. The predicted molar refractivity (Wildman–Crippen MR) is 122 cm³/mol. The third-order valence-electron chi connectivity index (χ3n) is 3.72. The molecule has 0 atom stereocenters. The van der Waals surface area contributed by atoms with Gasteiger partial charge in [-0.05, 0) is 37.5 Å². The first-order valence-electron chi connectivity index (χ1n) is 9.60. The first-order valence-corrected chi connectivity index (χ1v) is 9.60.